The fourth-order valence-corrected chi connectivity index (χ4v) is 2.67. The van der Waals surface area contributed by atoms with Crippen LogP contribution in [0, 0.1) is 0 Å². The summed E-state index contributed by atoms with van der Waals surface area (Å²) in [6.45, 7) is 1.73. The average molecular weight is 282 g/mol. The average Bonchev–Trinajstić information content (AvgIpc) is 2.53. The summed E-state index contributed by atoms with van der Waals surface area (Å²) in [5.41, 5.74) is 10.7. The fraction of sp³-hybridized carbons (Fsp3) is 0.250. The zero-order chi connectivity index (χ0) is 14.8. The summed E-state index contributed by atoms with van der Waals surface area (Å²) in [6.07, 6.45) is 2.65. The maximum atomic E-state index is 11.7. The molecule has 3 N–H and O–H groups in total. The number of carbonyl (C=O) groups is 1. The molecule has 0 unspecified atom stereocenters. The Labute approximate surface area is 123 Å². The molecule has 108 valence electrons. The van der Waals surface area contributed by atoms with Crippen molar-refractivity contribution in [3.05, 3.63) is 53.3 Å². The number of carbonyl (C=O) groups excluding carboxylic acids is 1. The van der Waals surface area contributed by atoms with Gasteiger partial charge in [0.05, 0.1) is 0 Å². The van der Waals surface area contributed by atoms with Crippen LogP contribution >= 0.6 is 0 Å². The Bertz CT molecular complexity index is 684. The van der Waals surface area contributed by atoms with Gasteiger partial charge in [-0.15, -0.1) is 0 Å². The number of benzene rings is 1. The number of nitrogens with zero attached hydrogens (tertiary/aromatic N) is 2. The van der Waals surface area contributed by atoms with E-state index in [1.54, 1.807) is 13.2 Å². The molecule has 5 nitrogen and oxygen atoms in total. The monoisotopic (exact) mass is 282 g/mol. The Kier molecular flexibility index (Phi) is 3.48. The summed E-state index contributed by atoms with van der Waals surface area (Å²) in [5.74, 6) is -0.168. The molecule has 0 atom stereocenters. The van der Waals surface area contributed by atoms with E-state index in [0.717, 1.165) is 30.9 Å². The molecule has 1 amide bonds. The van der Waals surface area contributed by atoms with Crippen LogP contribution < -0.4 is 16.0 Å². The third kappa shape index (κ3) is 2.67. The number of nitrogens with two attached hydrogens (primary N) is 1. The summed E-state index contributed by atoms with van der Waals surface area (Å²) >= 11 is 0. The molecule has 5 heteroatoms. The molecule has 1 aromatic heterocycles. The first-order valence-corrected chi connectivity index (χ1v) is 6.98. The second kappa shape index (κ2) is 5.44. The van der Waals surface area contributed by atoms with Crippen molar-refractivity contribution in [2.45, 2.75) is 13.0 Å². The van der Waals surface area contributed by atoms with Gasteiger partial charge in [-0.2, -0.15) is 0 Å². The number of hydrogen-bond acceptors (Lipinski definition) is 4. The van der Waals surface area contributed by atoms with Crippen LogP contribution in [0.25, 0.3) is 0 Å². The third-order valence-corrected chi connectivity index (χ3v) is 3.81. The van der Waals surface area contributed by atoms with E-state index in [2.05, 4.69) is 21.3 Å². The molecule has 0 saturated carbocycles. The minimum absolute atomic E-state index is 0.168. The molecule has 1 aromatic carbocycles. The quantitative estimate of drug-likeness (QED) is 0.821. The van der Waals surface area contributed by atoms with E-state index >= 15 is 0 Å². The number of aromatic nitrogens is 1. The lowest BCUT2D eigenvalue weighted by Gasteiger charge is -2.31. The predicted octanol–water partition coefficient (Wildman–Crippen LogP) is 1.59. The van der Waals surface area contributed by atoms with Gasteiger partial charge in [0, 0.05) is 37.7 Å². The number of amides is 1. The van der Waals surface area contributed by atoms with Gasteiger partial charge in [-0.25, -0.2) is 0 Å². The molecule has 0 fully saturated rings. The van der Waals surface area contributed by atoms with Gasteiger partial charge in [0.1, 0.15) is 5.69 Å². The lowest BCUT2D eigenvalue weighted by molar-refractivity contribution is 0.0958. The van der Waals surface area contributed by atoms with Gasteiger partial charge < -0.3 is 16.0 Å². The second-order valence-corrected chi connectivity index (χ2v) is 5.18. The number of hydrogen-bond donors (Lipinski definition) is 2. The molecule has 0 aliphatic carbocycles. The van der Waals surface area contributed by atoms with Crippen molar-refractivity contribution >= 4 is 17.3 Å². The summed E-state index contributed by atoms with van der Waals surface area (Å²) in [7, 11) is 1.61. The van der Waals surface area contributed by atoms with Gasteiger partial charge in [-0.05, 0) is 41.8 Å². The number of nitrogens with one attached hydrogen (secondary N) is 1. The summed E-state index contributed by atoms with van der Waals surface area (Å²) in [6, 6.07) is 9.84. The molecule has 0 spiro atoms. The van der Waals surface area contributed by atoms with Gasteiger partial charge in [-0.1, -0.05) is 6.07 Å². The normalized spacial score (nSPS) is 13.7. The van der Waals surface area contributed by atoms with Crippen LogP contribution in [-0.2, 0) is 13.0 Å². The van der Waals surface area contributed by atoms with Crippen LogP contribution in [0.4, 0.5) is 11.4 Å². The topological polar surface area (TPSA) is 71.2 Å². The van der Waals surface area contributed by atoms with Crippen molar-refractivity contribution in [3.63, 3.8) is 0 Å². The van der Waals surface area contributed by atoms with Crippen LogP contribution in [0.15, 0.2) is 36.5 Å². The van der Waals surface area contributed by atoms with Crippen LogP contribution in [0.2, 0.25) is 0 Å². The van der Waals surface area contributed by atoms with Crippen LogP contribution in [0.3, 0.4) is 0 Å². The van der Waals surface area contributed by atoms with E-state index in [1.807, 2.05) is 24.3 Å². The van der Waals surface area contributed by atoms with Crippen molar-refractivity contribution in [2.24, 2.45) is 0 Å². The molecular formula is C16H18N4O. The maximum Gasteiger partial charge on any atom is 0.269 e. The van der Waals surface area contributed by atoms with E-state index in [-0.39, 0.29) is 5.91 Å². The fourth-order valence-electron chi connectivity index (χ4n) is 2.67. The highest BCUT2D eigenvalue weighted by Gasteiger charge is 2.18. The summed E-state index contributed by atoms with van der Waals surface area (Å²) in [4.78, 5) is 18.0. The van der Waals surface area contributed by atoms with E-state index in [9.17, 15) is 4.79 Å². The first kappa shape index (κ1) is 13.4. The van der Waals surface area contributed by atoms with E-state index in [0.29, 0.717) is 5.69 Å². The summed E-state index contributed by atoms with van der Waals surface area (Å²) < 4.78 is 0. The van der Waals surface area contributed by atoms with E-state index in [4.69, 9.17) is 5.73 Å². The van der Waals surface area contributed by atoms with Crippen molar-refractivity contribution in [1.29, 1.82) is 0 Å². The molecule has 0 bridgehead atoms. The Morgan fingerprint density at radius 3 is 2.95 bits per heavy atom. The highest BCUT2D eigenvalue weighted by atomic mass is 16.1. The van der Waals surface area contributed by atoms with Gasteiger partial charge >= 0.3 is 0 Å². The maximum absolute atomic E-state index is 11.7. The van der Waals surface area contributed by atoms with E-state index < -0.39 is 0 Å². The Balaban J connectivity index is 1.87. The molecule has 2 aromatic rings. The molecule has 2 heterocycles. The summed E-state index contributed by atoms with van der Waals surface area (Å²) in [5, 5.41) is 2.60. The number of pyridine rings is 1. The minimum Gasteiger partial charge on any atom is -0.399 e. The van der Waals surface area contributed by atoms with Gasteiger partial charge in [0.15, 0.2) is 0 Å². The van der Waals surface area contributed by atoms with Crippen LogP contribution in [0.1, 0.15) is 21.6 Å². The first-order chi connectivity index (χ1) is 10.2. The van der Waals surface area contributed by atoms with Crippen molar-refractivity contribution in [3.8, 4) is 0 Å². The zero-order valence-corrected chi connectivity index (χ0v) is 12.0. The number of fused-ring (bicyclic) bond motifs is 1. The minimum atomic E-state index is -0.168. The Morgan fingerprint density at radius 2 is 2.14 bits per heavy atom. The molecule has 21 heavy (non-hydrogen) atoms. The van der Waals surface area contributed by atoms with Gasteiger partial charge in [0.25, 0.3) is 5.91 Å². The molecule has 1 aliphatic rings. The number of nitrogen functional groups attached to an aromatic ring is 1. The van der Waals surface area contributed by atoms with Gasteiger partial charge in [-0.3, -0.25) is 9.78 Å². The van der Waals surface area contributed by atoms with Crippen LogP contribution in [0.5, 0.6) is 0 Å². The molecule has 1 aliphatic heterocycles. The first-order valence-electron chi connectivity index (χ1n) is 6.98. The predicted molar refractivity (Wildman–Crippen MR) is 83.2 cm³/mol. The molecule has 3 rings (SSSR count). The van der Waals surface area contributed by atoms with E-state index in [1.165, 1.54) is 11.1 Å². The highest BCUT2D eigenvalue weighted by Crippen LogP contribution is 2.26. The smallest absolute Gasteiger partial charge is 0.269 e. The van der Waals surface area contributed by atoms with Crippen molar-refractivity contribution in [1.82, 2.24) is 10.3 Å². The lowest BCUT2D eigenvalue weighted by Crippen LogP contribution is -2.30. The Morgan fingerprint density at radius 1 is 1.29 bits per heavy atom. The third-order valence-electron chi connectivity index (χ3n) is 3.81. The SMILES string of the molecule is CNC(=O)c1cc(N2CCc3ccc(N)cc3C2)ccn1. The molecule has 0 saturated heterocycles. The molecule has 0 radical (unpaired) electrons. The second-order valence-electron chi connectivity index (χ2n) is 5.18. The number of rotatable bonds is 2. The standard InChI is InChI=1S/C16H18N4O/c1-18-16(21)15-9-14(4-6-19-15)20-7-5-11-2-3-13(17)8-12(11)10-20/h2-4,6,8-9H,5,7,10,17H2,1H3,(H,18,21). The number of anilines is 2. The highest BCUT2D eigenvalue weighted by molar-refractivity contribution is 5.92. The van der Waals surface area contributed by atoms with Crippen molar-refractivity contribution in [2.75, 3.05) is 24.2 Å². The Hall–Kier alpha value is -2.56. The zero-order valence-electron chi connectivity index (χ0n) is 12.0. The lowest BCUT2D eigenvalue weighted by atomic mass is 9.98. The van der Waals surface area contributed by atoms with Crippen LogP contribution in [-0.4, -0.2) is 24.5 Å². The van der Waals surface area contributed by atoms with Gasteiger partial charge in [0.2, 0.25) is 0 Å². The largest absolute Gasteiger partial charge is 0.399 e. The molecular weight excluding hydrogens is 264 g/mol. The van der Waals surface area contributed by atoms with Crippen molar-refractivity contribution < 1.29 is 4.79 Å².